The first-order chi connectivity index (χ1) is 12.1. The molecule has 3 aromatic rings. The molecule has 0 fully saturated rings. The number of hydrogen-bond acceptors (Lipinski definition) is 2. The van der Waals surface area contributed by atoms with Crippen molar-refractivity contribution < 1.29 is 9.15 Å². The van der Waals surface area contributed by atoms with E-state index in [1.165, 1.54) is 0 Å². The molecule has 130 valence electrons. The Kier molecular flexibility index (Phi) is 5.14. The number of halogens is 1. The lowest BCUT2D eigenvalue weighted by Crippen LogP contribution is -2.00. The Labute approximate surface area is 152 Å². The van der Waals surface area contributed by atoms with Crippen LogP contribution < -0.4 is 10.2 Å². The number of fused-ring (bicyclic) bond motifs is 1. The van der Waals surface area contributed by atoms with Crippen LogP contribution in [0.1, 0.15) is 25.4 Å². The van der Waals surface area contributed by atoms with Gasteiger partial charge in [0.05, 0.1) is 18.6 Å². The minimum atomic E-state index is 0.710. The molecule has 0 amide bonds. The summed E-state index contributed by atoms with van der Waals surface area (Å²) in [4.78, 5) is 0. The monoisotopic (exact) mass is 357 g/mol. The molecule has 0 aliphatic heterocycles. The van der Waals surface area contributed by atoms with Crippen molar-refractivity contribution in [3.8, 4) is 16.9 Å². The van der Waals surface area contributed by atoms with E-state index in [1.54, 1.807) is 14.2 Å². The number of benzene rings is 1. The maximum absolute atomic E-state index is 6.07. The zero-order valence-corrected chi connectivity index (χ0v) is 15.7. The third-order valence-corrected chi connectivity index (χ3v) is 4.63. The van der Waals surface area contributed by atoms with Gasteiger partial charge in [0.1, 0.15) is 22.7 Å². The second-order valence-corrected chi connectivity index (χ2v) is 6.23. The first kappa shape index (κ1) is 17.6. The normalized spacial score (nSPS) is 12.0. The fraction of sp³-hybridized carbons (Fsp3) is 0.286. The predicted octanol–water partition coefficient (Wildman–Crippen LogP) is 5.41. The SMILES string of the molecule is CCc1oc(CC)c2c(=[O+]C)cc(-c3ccc(Cl)cc3)cc(OC)c12. The Morgan fingerprint density at radius 3 is 2.16 bits per heavy atom. The molecule has 0 atom stereocenters. The van der Waals surface area contributed by atoms with Crippen molar-refractivity contribution in [1.82, 2.24) is 0 Å². The molecule has 0 unspecified atom stereocenters. The van der Waals surface area contributed by atoms with Crippen molar-refractivity contribution in [1.29, 1.82) is 0 Å². The lowest BCUT2D eigenvalue weighted by Gasteiger charge is -2.02. The molecule has 0 aliphatic rings. The van der Waals surface area contributed by atoms with Gasteiger partial charge in [-0.1, -0.05) is 37.6 Å². The molecular formula is C21H22ClO3+. The van der Waals surface area contributed by atoms with Crippen molar-refractivity contribution in [3.05, 3.63) is 62.8 Å². The highest BCUT2D eigenvalue weighted by atomic mass is 35.5. The molecule has 1 aromatic heterocycles. The van der Waals surface area contributed by atoms with E-state index in [1.807, 2.05) is 36.4 Å². The fourth-order valence-corrected chi connectivity index (χ4v) is 3.27. The maximum atomic E-state index is 6.07. The summed E-state index contributed by atoms with van der Waals surface area (Å²) in [5.41, 5.74) is 2.83. The van der Waals surface area contributed by atoms with E-state index in [9.17, 15) is 0 Å². The largest absolute Gasteiger partial charge is 0.496 e. The molecule has 2 aromatic carbocycles. The van der Waals surface area contributed by atoms with Crippen molar-refractivity contribution in [2.75, 3.05) is 14.2 Å². The number of aryl methyl sites for hydroxylation is 2. The van der Waals surface area contributed by atoms with Crippen LogP contribution in [0.25, 0.3) is 21.9 Å². The third kappa shape index (κ3) is 3.16. The molecule has 0 saturated heterocycles. The second kappa shape index (κ2) is 7.32. The minimum absolute atomic E-state index is 0.710. The van der Waals surface area contributed by atoms with E-state index in [-0.39, 0.29) is 0 Å². The molecular weight excluding hydrogens is 336 g/mol. The first-order valence-electron chi connectivity index (χ1n) is 8.42. The predicted molar refractivity (Wildman–Crippen MR) is 104 cm³/mol. The van der Waals surface area contributed by atoms with Gasteiger partial charge in [0.15, 0.2) is 0 Å². The number of rotatable bonds is 4. The molecule has 25 heavy (non-hydrogen) atoms. The van der Waals surface area contributed by atoms with Gasteiger partial charge >= 0.3 is 5.43 Å². The van der Waals surface area contributed by atoms with Crippen LogP contribution >= 0.6 is 11.6 Å². The molecule has 0 radical (unpaired) electrons. The average Bonchev–Trinajstić information content (AvgIpc) is 2.92. The standard InChI is InChI=1S/C21H22ClO3/c1-5-16-20-18(23-3)11-14(13-7-9-15(22)10-8-13)12-19(24-4)21(20)17(6-2)25-16/h7-12H,5-6H2,1-4H3/q+1. The highest BCUT2D eigenvalue weighted by Gasteiger charge is 2.21. The van der Waals surface area contributed by atoms with Crippen molar-refractivity contribution in [2.24, 2.45) is 0 Å². The first-order valence-corrected chi connectivity index (χ1v) is 8.80. The van der Waals surface area contributed by atoms with Crippen LogP contribution in [0.3, 0.4) is 0 Å². The van der Waals surface area contributed by atoms with Gasteiger partial charge in [0, 0.05) is 17.9 Å². The van der Waals surface area contributed by atoms with E-state index in [0.29, 0.717) is 5.02 Å². The Morgan fingerprint density at radius 1 is 0.960 bits per heavy atom. The number of hydrogen-bond donors (Lipinski definition) is 0. The summed E-state index contributed by atoms with van der Waals surface area (Å²) in [5.74, 6) is 2.61. The maximum Gasteiger partial charge on any atom is 0.355 e. The Bertz CT molecular complexity index is 969. The smallest absolute Gasteiger partial charge is 0.355 e. The van der Waals surface area contributed by atoms with Crippen LogP contribution in [0, 0.1) is 0 Å². The molecule has 0 spiro atoms. The fourth-order valence-electron chi connectivity index (χ4n) is 3.15. The van der Waals surface area contributed by atoms with Crippen molar-refractivity contribution in [3.63, 3.8) is 0 Å². The minimum Gasteiger partial charge on any atom is -0.496 e. The Hall–Kier alpha value is -2.26. The highest BCUT2D eigenvalue weighted by Crippen LogP contribution is 2.34. The molecule has 1 heterocycles. The summed E-state index contributed by atoms with van der Waals surface area (Å²) in [6.07, 6.45) is 1.58. The molecule has 3 nitrogen and oxygen atoms in total. The van der Waals surface area contributed by atoms with Gasteiger partial charge in [-0.2, -0.15) is 0 Å². The van der Waals surface area contributed by atoms with Crippen LogP contribution in [-0.4, -0.2) is 14.2 Å². The second-order valence-electron chi connectivity index (χ2n) is 5.79. The van der Waals surface area contributed by atoms with E-state index in [0.717, 1.165) is 57.4 Å². The van der Waals surface area contributed by atoms with Gasteiger partial charge in [0.2, 0.25) is 0 Å². The lowest BCUT2D eigenvalue weighted by atomic mass is 10.1. The molecule has 4 heteroatoms. The summed E-state index contributed by atoms with van der Waals surface area (Å²) in [6.45, 7) is 4.16. The summed E-state index contributed by atoms with van der Waals surface area (Å²) in [7, 11) is 3.37. The quantitative estimate of drug-likeness (QED) is 0.585. The number of ether oxygens (including phenoxy) is 1. The molecule has 0 aliphatic carbocycles. The van der Waals surface area contributed by atoms with Gasteiger partial charge < -0.3 is 9.15 Å². The molecule has 0 N–H and O–H groups in total. The van der Waals surface area contributed by atoms with Crippen LogP contribution in [-0.2, 0) is 12.8 Å². The van der Waals surface area contributed by atoms with Crippen LogP contribution in [0.4, 0.5) is 0 Å². The summed E-state index contributed by atoms with van der Waals surface area (Å²) >= 11 is 6.03. The lowest BCUT2D eigenvalue weighted by molar-refractivity contribution is 0.418. The topological polar surface area (TPSA) is 33.7 Å². The summed E-state index contributed by atoms with van der Waals surface area (Å²) in [6, 6.07) is 11.8. The van der Waals surface area contributed by atoms with E-state index in [2.05, 4.69) is 13.8 Å². The molecule has 0 saturated carbocycles. The van der Waals surface area contributed by atoms with Crippen LogP contribution in [0.15, 0.2) is 45.2 Å². The third-order valence-electron chi connectivity index (χ3n) is 4.38. The summed E-state index contributed by atoms with van der Waals surface area (Å²) in [5, 5.41) is 2.68. The zero-order valence-electron chi connectivity index (χ0n) is 15.0. The van der Waals surface area contributed by atoms with Gasteiger partial charge in [-0.15, -0.1) is 0 Å². The Morgan fingerprint density at radius 2 is 1.60 bits per heavy atom. The van der Waals surface area contributed by atoms with E-state index in [4.69, 9.17) is 25.2 Å². The number of furan rings is 1. The highest BCUT2D eigenvalue weighted by molar-refractivity contribution is 6.30. The average molecular weight is 358 g/mol. The number of methoxy groups -OCH3 is 1. The Balaban J connectivity index is 2.46. The van der Waals surface area contributed by atoms with Crippen LogP contribution in [0.5, 0.6) is 5.75 Å². The van der Waals surface area contributed by atoms with Gasteiger partial charge in [-0.25, -0.2) is 0 Å². The van der Waals surface area contributed by atoms with E-state index >= 15 is 0 Å². The van der Waals surface area contributed by atoms with Crippen LogP contribution in [0.2, 0.25) is 5.02 Å². The molecule has 3 rings (SSSR count). The van der Waals surface area contributed by atoms with E-state index < -0.39 is 0 Å². The van der Waals surface area contributed by atoms with Crippen molar-refractivity contribution >= 4 is 22.4 Å². The van der Waals surface area contributed by atoms with Crippen molar-refractivity contribution in [2.45, 2.75) is 26.7 Å². The van der Waals surface area contributed by atoms with Gasteiger partial charge in [-0.3, -0.25) is 4.42 Å². The summed E-state index contributed by atoms with van der Waals surface area (Å²) < 4.78 is 17.5. The van der Waals surface area contributed by atoms with Gasteiger partial charge in [0.25, 0.3) is 7.11 Å². The van der Waals surface area contributed by atoms with Gasteiger partial charge in [-0.05, 0) is 29.3 Å². The zero-order chi connectivity index (χ0) is 18.0. The molecule has 0 bridgehead atoms.